The second-order valence-electron chi connectivity index (χ2n) is 6.56. The first kappa shape index (κ1) is 17.5. The van der Waals surface area contributed by atoms with Crippen LogP contribution in [-0.2, 0) is 4.74 Å². The summed E-state index contributed by atoms with van der Waals surface area (Å²) in [6.07, 6.45) is 4.17. The first-order valence-electron chi connectivity index (χ1n) is 8.88. The minimum absolute atomic E-state index is 0.0985. The molecule has 1 aliphatic rings. The van der Waals surface area contributed by atoms with E-state index >= 15 is 0 Å². The van der Waals surface area contributed by atoms with Gasteiger partial charge in [0.1, 0.15) is 5.75 Å². The molecule has 0 aromatic heterocycles. The lowest BCUT2D eigenvalue weighted by Crippen LogP contribution is -2.44. The van der Waals surface area contributed by atoms with Crippen LogP contribution in [0.25, 0.3) is 11.1 Å². The van der Waals surface area contributed by atoms with Crippen molar-refractivity contribution in [2.75, 3.05) is 20.3 Å². The van der Waals surface area contributed by atoms with Crippen molar-refractivity contribution in [1.82, 2.24) is 4.90 Å². The van der Waals surface area contributed by atoms with Crippen molar-refractivity contribution in [3.05, 3.63) is 54.1 Å². The van der Waals surface area contributed by atoms with E-state index in [1.807, 2.05) is 41.3 Å². The number of methoxy groups -OCH3 is 1. The Bertz CT molecular complexity index is 711. The standard InChI is InChI=1S/C21H25NO3/c1-25-14-12-19-7-2-3-13-22(19)21(24)18-6-4-5-17(15-18)16-8-10-20(23)11-9-16/h4-6,8-11,15,19,23H,2-3,7,12-14H2,1H3/t19-/m0/s1. The molecular formula is C21H25NO3. The van der Waals surface area contributed by atoms with Gasteiger partial charge in [0.2, 0.25) is 0 Å². The molecule has 1 aliphatic heterocycles. The van der Waals surface area contributed by atoms with Crippen LogP contribution in [0, 0.1) is 0 Å². The quantitative estimate of drug-likeness (QED) is 0.892. The summed E-state index contributed by atoms with van der Waals surface area (Å²) in [5, 5.41) is 9.45. The van der Waals surface area contributed by atoms with E-state index in [1.54, 1.807) is 19.2 Å². The van der Waals surface area contributed by atoms with Gasteiger partial charge in [-0.2, -0.15) is 0 Å². The Morgan fingerprint density at radius 1 is 1.16 bits per heavy atom. The molecule has 4 heteroatoms. The molecule has 0 spiro atoms. The van der Waals surface area contributed by atoms with Crippen molar-refractivity contribution in [2.45, 2.75) is 31.7 Å². The average molecular weight is 339 g/mol. The van der Waals surface area contributed by atoms with Crippen LogP contribution in [0.3, 0.4) is 0 Å². The van der Waals surface area contributed by atoms with E-state index in [0.717, 1.165) is 42.5 Å². The second-order valence-corrected chi connectivity index (χ2v) is 6.56. The Balaban J connectivity index is 1.81. The van der Waals surface area contributed by atoms with Crippen LogP contribution in [0.4, 0.5) is 0 Å². The summed E-state index contributed by atoms with van der Waals surface area (Å²) in [7, 11) is 1.70. The van der Waals surface area contributed by atoms with E-state index < -0.39 is 0 Å². The number of likely N-dealkylation sites (tertiary alicyclic amines) is 1. The minimum atomic E-state index is 0.0985. The lowest BCUT2D eigenvalue weighted by molar-refractivity contribution is 0.0553. The van der Waals surface area contributed by atoms with Crippen molar-refractivity contribution in [2.24, 2.45) is 0 Å². The third kappa shape index (κ3) is 4.20. The summed E-state index contributed by atoms with van der Waals surface area (Å²) in [4.78, 5) is 15.1. The van der Waals surface area contributed by atoms with Gasteiger partial charge in [-0.25, -0.2) is 0 Å². The number of hydrogen-bond donors (Lipinski definition) is 1. The maximum atomic E-state index is 13.1. The third-order valence-electron chi connectivity index (χ3n) is 4.85. The van der Waals surface area contributed by atoms with Crippen LogP contribution in [0.2, 0.25) is 0 Å². The van der Waals surface area contributed by atoms with Crippen LogP contribution in [-0.4, -0.2) is 42.2 Å². The van der Waals surface area contributed by atoms with Crippen LogP contribution in [0.15, 0.2) is 48.5 Å². The number of nitrogens with zero attached hydrogens (tertiary/aromatic N) is 1. The highest BCUT2D eigenvalue weighted by Gasteiger charge is 2.27. The van der Waals surface area contributed by atoms with Gasteiger partial charge < -0.3 is 14.7 Å². The monoisotopic (exact) mass is 339 g/mol. The Labute approximate surface area is 149 Å². The molecule has 2 aromatic carbocycles. The summed E-state index contributed by atoms with van der Waals surface area (Å²) in [5.41, 5.74) is 2.69. The highest BCUT2D eigenvalue weighted by atomic mass is 16.5. The van der Waals surface area contributed by atoms with Gasteiger partial charge in [-0.05, 0) is 61.1 Å². The fourth-order valence-electron chi connectivity index (χ4n) is 3.47. The summed E-state index contributed by atoms with van der Waals surface area (Å²) in [6, 6.07) is 15.0. The fraction of sp³-hybridized carbons (Fsp3) is 0.381. The average Bonchev–Trinajstić information content (AvgIpc) is 2.67. The molecule has 2 aromatic rings. The topological polar surface area (TPSA) is 49.8 Å². The summed E-state index contributed by atoms with van der Waals surface area (Å²) in [6.45, 7) is 1.50. The van der Waals surface area contributed by atoms with E-state index in [2.05, 4.69) is 0 Å². The van der Waals surface area contributed by atoms with Gasteiger partial charge in [0, 0.05) is 31.9 Å². The van der Waals surface area contributed by atoms with Crippen molar-refractivity contribution in [3.8, 4) is 16.9 Å². The number of phenols is 1. The number of amides is 1. The first-order valence-corrected chi connectivity index (χ1v) is 8.88. The van der Waals surface area contributed by atoms with E-state index in [1.165, 1.54) is 6.42 Å². The number of piperidine rings is 1. The third-order valence-corrected chi connectivity index (χ3v) is 4.85. The van der Waals surface area contributed by atoms with Gasteiger partial charge in [0.05, 0.1) is 0 Å². The molecule has 1 N–H and O–H groups in total. The van der Waals surface area contributed by atoms with Crippen LogP contribution in [0.1, 0.15) is 36.0 Å². The molecule has 0 saturated carbocycles. The molecule has 1 amide bonds. The molecule has 0 aliphatic carbocycles. The zero-order chi connectivity index (χ0) is 17.6. The molecule has 0 unspecified atom stereocenters. The summed E-state index contributed by atoms with van der Waals surface area (Å²) in [5.74, 6) is 0.340. The lowest BCUT2D eigenvalue weighted by Gasteiger charge is -2.36. The predicted molar refractivity (Wildman–Crippen MR) is 98.7 cm³/mol. The molecule has 1 atom stereocenters. The van der Waals surface area contributed by atoms with Gasteiger partial charge in [0.15, 0.2) is 0 Å². The van der Waals surface area contributed by atoms with Crippen LogP contribution in [0.5, 0.6) is 5.75 Å². The molecule has 1 heterocycles. The van der Waals surface area contributed by atoms with Crippen molar-refractivity contribution in [1.29, 1.82) is 0 Å². The normalized spacial score (nSPS) is 17.5. The van der Waals surface area contributed by atoms with E-state index in [9.17, 15) is 9.90 Å². The maximum Gasteiger partial charge on any atom is 0.254 e. The van der Waals surface area contributed by atoms with E-state index in [0.29, 0.717) is 6.61 Å². The Hall–Kier alpha value is -2.33. The SMILES string of the molecule is COCC[C@@H]1CCCCN1C(=O)c1cccc(-c2ccc(O)cc2)c1. The predicted octanol–water partition coefficient (Wildman–Crippen LogP) is 4.09. The molecule has 132 valence electrons. The zero-order valence-electron chi connectivity index (χ0n) is 14.6. The van der Waals surface area contributed by atoms with Crippen LogP contribution < -0.4 is 0 Å². The number of phenolic OH excluding ortho intramolecular Hbond substituents is 1. The number of benzene rings is 2. The van der Waals surface area contributed by atoms with E-state index in [-0.39, 0.29) is 17.7 Å². The Morgan fingerprint density at radius 2 is 1.96 bits per heavy atom. The number of carbonyl (C=O) groups is 1. The molecule has 25 heavy (non-hydrogen) atoms. The Morgan fingerprint density at radius 3 is 2.72 bits per heavy atom. The fourth-order valence-corrected chi connectivity index (χ4v) is 3.47. The highest BCUT2D eigenvalue weighted by Crippen LogP contribution is 2.26. The first-order chi connectivity index (χ1) is 12.2. The second kappa shape index (κ2) is 8.17. The molecule has 1 saturated heterocycles. The smallest absolute Gasteiger partial charge is 0.254 e. The number of rotatable bonds is 5. The molecule has 3 rings (SSSR count). The lowest BCUT2D eigenvalue weighted by atomic mass is 9.97. The molecule has 0 bridgehead atoms. The number of carbonyl (C=O) groups excluding carboxylic acids is 1. The number of hydrogen-bond acceptors (Lipinski definition) is 3. The number of aromatic hydroxyl groups is 1. The van der Waals surface area contributed by atoms with Gasteiger partial charge in [-0.15, -0.1) is 0 Å². The van der Waals surface area contributed by atoms with Crippen LogP contribution >= 0.6 is 0 Å². The molecule has 0 radical (unpaired) electrons. The van der Waals surface area contributed by atoms with Crippen molar-refractivity contribution < 1.29 is 14.6 Å². The number of ether oxygens (including phenoxy) is 1. The molecule has 4 nitrogen and oxygen atoms in total. The molecule has 1 fully saturated rings. The highest BCUT2D eigenvalue weighted by molar-refractivity contribution is 5.95. The van der Waals surface area contributed by atoms with Gasteiger partial charge in [-0.3, -0.25) is 4.79 Å². The van der Waals surface area contributed by atoms with Crippen molar-refractivity contribution >= 4 is 5.91 Å². The van der Waals surface area contributed by atoms with Gasteiger partial charge >= 0.3 is 0 Å². The van der Waals surface area contributed by atoms with E-state index in [4.69, 9.17) is 4.74 Å². The van der Waals surface area contributed by atoms with Crippen molar-refractivity contribution in [3.63, 3.8) is 0 Å². The largest absolute Gasteiger partial charge is 0.508 e. The molecular weight excluding hydrogens is 314 g/mol. The summed E-state index contributed by atoms with van der Waals surface area (Å²) < 4.78 is 5.21. The summed E-state index contributed by atoms with van der Waals surface area (Å²) >= 11 is 0. The minimum Gasteiger partial charge on any atom is -0.508 e. The Kier molecular flexibility index (Phi) is 5.71. The maximum absolute atomic E-state index is 13.1. The van der Waals surface area contributed by atoms with Gasteiger partial charge in [0.25, 0.3) is 5.91 Å². The van der Waals surface area contributed by atoms with Gasteiger partial charge in [-0.1, -0.05) is 24.3 Å². The zero-order valence-corrected chi connectivity index (χ0v) is 14.6.